The van der Waals surface area contributed by atoms with Crippen LogP contribution in [-0.2, 0) is 20.7 Å². The molecule has 3 N–H and O–H groups in total. The van der Waals surface area contributed by atoms with Crippen molar-refractivity contribution in [1.82, 2.24) is 15.5 Å². The molecule has 0 saturated carbocycles. The van der Waals surface area contributed by atoms with Crippen molar-refractivity contribution < 1.29 is 24.2 Å². The molecule has 0 saturated heterocycles. The minimum atomic E-state index is -1.02. The van der Waals surface area contributed by atoms with E-state index in [1.165, 1.54) is 0 Å². The number of phenols is 1. The Morgan fingerprint density at radius 2 is 1.55 bits per heavy atom. The van der Waals surface area contributed by atoms with Gasteiger partial charge in [0.15, 0.2) is 0 Å². The summed E-state index contributed by atoms with van der Waals surface area (Å²) in [5, 5.41) is 15.8. The molecule has 0 aliphatic heterocycles. The number of aromatic hydroxyl groups is 1. The van der Waals surface area contributed by atoms with E-state index in [9.17, 15) is 19.5 Å². The molecule has 0 aliphatic rings. The summed E-state index contributed by atoms with van der Waals surface area (Å²) < 4.78 is 5.56. The maximum Gasteiger partial charge on any atom is 0.408 e. The van der Waals surface area contributed by atoms with Gasteiger partial charge in [-0.05, 0) is 102 Å². The van der Waals surface area contributed by atoms with Crippen LogP contribution in [0.1, 0.15) is 109 Å². The van der Waals surface area contributed by atoms with Crippen LogP contribution in [0, 0.1) is 19.8 Å². The molecular formula is C36H55N3O5. The fourth-order valence-electron chi connectivity index (χ4n) is 5.39. The first kappa shape index (κ1) is 36.6. The molecule has 0 bridgehead atoms. The van der Waals surface area contributed by atoms with Gasteiger partial charge in [0.1, 0.15) is 23.4 Å². The minimum Gasteiger partial charge on any atom is -0.508 e. The summed E-state index contributed by atoms with van der Waals surface area (Å²) >= 11 is 0. The van der Waals surface area contributed by atoms with E-state index < -0.39 is 23.8 Å². The molecule has 2 rings (SSSR count). The van der Waals surface area contributed by atoms with E-state index in [1.54, 1.807) is 49.9 Å². The number of carbonyl (C=O) groups is 3. The van der Waals surface area contributed by atoms with Crippen LogP contribution in [0.5, 0.6) is 5.75 Å². The van der Waals surface area contributed by atoms with Gasteiger partial charge in [0, 0.05) is 18.5 Å². The number of alkyl carbamates (subject to hydrolysis) is 1. The van der Waals surface area contributed by atoms with Crippen LogP contribution in [0.4, 0.5) is 4.79 Å². The molecule has 3 amide bonds. The average Bonchev–Trinajstić information content (AvgIpc) is 2.90. The summed E-state index contributed by atoms with van der Waals surface area (Å²) in [6.45, 7) is 19.6. The Morgan fingerprint density at radius 3 is 2.09 bits per heavy atom. The maximum absolute atomic E-state index is 14.8. The van der Waals surface area contributed by atoms with Gasteiger partial charge in [0.2, 0.25) is 11.8 Å². The molecule has 2 aromatic carbocycles. The molecule has 2 aromatic rings. The van der Waals surface area contributed by atoms with Crippen molar-refractivity contribution in [2.24, 2.45) is 5.92 Å². The van der Waals surface area contributed by atoms with Crippen LogP contribution in [0.15, 0.2) is 42.5 Å². The molecular weight excluding hydrogens is 554 g/mol. The quantitative estimate of drug-likeness (QED) is 0.211. The molecule has 8 heteroatoms. The molecule has 0 spiro atoms. The zero-order valence-corrected chi connectivity index (χ0v) is 28.5. The number of carbonyl (C=O) groups excluding carboxylic acids is 3. The molecule has 0 fully saturated rings. The summed E-state index contributed by atoms with van der Waals surface area (Å²) in [7, 11) is 0. The number of rotatable bonds is 14. The van der Waals surface area contributed by atoms with E-state index >= 15 is 0 Å². The number of nitrogens with zero attached hydrogens (tertiary/aromatic N) is 1. The van der Waals surface area contributed by atoms with Crippen molar-refractivity contribution in [3.8, 4) is 5.75 Å². The number of phenolic OH excluding ortho intramolecular Hbond substituents is 1. The van der Waals surface area contributed by atoms with Gasteiger partial charge >= 0.3 is 6.09 Å². The molecule has 0 radical (unpaired) electrons. The second kappa shape index (κ2) is 16.5. The van der Waals surface area contributed by atoms with Crippen LogP contribution in [0.3, 0.4) is 0 Å². The third kappa shape index (κ3) is 11.5. The zero-order valence-electron chi connectivity index (χ0n) is 28.5. The molecule has 4 unspecified atom stereocenters. The van der Waals surface area contributed by atoms with Crippen molar-refractivity contribution in [2.75, 3.05) is 0 Å². The predicted octanol–water partition coefficient (Wildman–Crippen LogP) is 7.14. The van der Waals surface area contributed by atoms with Crippen LogP contribution in [-0.4, -0.2) is 51.6 Å². The van der Waals surface area contributed by atoms with Gasteiger partial charge in [0.25, 0.3) is 0 Å². The van der Waals surface area contributed by atoms with Gasteiger partial charge in [-0.2, -0.15) is 0 Å². The van der Waals surface area contributed by atoms with E-state index in [4.69, 9.17) is 4.74 Å². The highest BCUT2D eigenvalue weighted by Gasteiger charge is 2.39. The normalized spacial score (nSPS) is 14.3. The van der Waals surface area contributed by atoms with Crippen molar-refractivity contribution >= 4 is 17.9 Å². The number of benzene rings is 2. The average molecular weight is 610 g/mol. The summed E-state index contributed by atoms with van der Waals surface area (Å²) in [6, 6.07) is 10.2. The van der Waals surface area contributed by atoms with E-state index in [0.717, 1.165) is 41.5 Å². The van der Waals surface area contributed by atoms with Gasteiger partial charge in [0.05, 0.1) is 0 Å². The maximum atomic E-state index is 14.8. The van der Waals surface area contributed by atoms with Crippen LogP contribution in [0.2, 0.25) is 0 Å². The fraction of sp³-hybridized carbons (Fsp3) is 0.583. The lowest BCUT2D eigenvalue weighted by molar-refractivity contribution is -0.145. The Labute approximate surface area is 264 Å². The molecule has 0 aliphatic carbocycles. The highest BCUT2D eigenvalue weighted by molar-refractivity contribution is 5.93. The van der Waals surface area contributed by atoms with Gasteiger partial charge < -0.3 is 25.4 Å². The SMILES string of the molecule is CCCC(C)NC(=O)C(c1ccc(C)cc1C)N(C(=O)C(Cc1ccc(O)cc1)NC(=O)OC(C)(C)C)C(C)CCC(C)C. The van der Waals surface area contributed by atoms with E-state index in [1.807, 2.05) is 45.9 Å². The van der Waals surface area contributed by atoms with E-state index in [-0.39, 0.29) is 36.1 Å². The fourth-order valence-corrected chi connectivity index (χ4v) is 5.39. The third-order valence-electron chi connectivity index (χ3n) is 7.61. The standard InChI is InChI=1S/C36H55N3O5/c1-11-12-26(6)37-33(41)32(30-20-14-24(4)21-25(30)5)39(27(7)15-13-23(2)3)34(42)31(38-35(43)44-36(8,9)10)22-28-16-18-29(40)19-17-28/h14,16-21,23,26-27,31-32,40H,11-13,15,22H2,1-10H3,(H,37,41)(H,38,43). The summed E-state index contributed by atoms with van der Waals surface area (Å²) in [5.41, 5.74) is 2.71. The molecule has 0 heterocycles. The van der Waals surface area contributed by atoms with Crippen LogP contribution in [0.25, 0.3) is 0 Å². The third-order valence-corrected chi connectivity index (χ3v) is 7.61. The smallest absolute Gasteiger partial charge is 0.408 e. The molecule has 244 valence electrons. The monoisotopic (exact) mass is 609 g/mol. The molecule has 0 aromatic heterocycles. The van der Waals surface area contributed by atoms with Gasteiger partial charge in [-0.1, -0.05) is 63.1 Å². The summed E-state index contributed by atoms with van der Waals surface area (Å²) in [4.78, 5) is 43.8. The Balaban J connectivity index is 2.70. The Bertz CT molecular complexity index is 1240. The van der Waals surface area contributed by atoms with Gasteiger partial charge in [-0.25, -0.2) is 4.79 Å². The van der Waals surface area contributed by atoms with Crippen LogP contribution < -0.4 is 10.6 Å². The second-order valence-electron chi connectivity index (χ2n) is 13.6. The summed E-state index contributed by atoms with van der Waals surface area (Å²) in [5.74, 6) is -0.111. The first-order valence-electron chi connectivity index (χ1n) is 16.0. The molecule has 4 atom stereocenters. The predicted molar refractivity (Wildman–Crippen MR) is 177 cm³/mol. The number of nitrogens with one attached hydrogen (secondary N) is 2. The number of amides is 3. The van der Waals surface area contributed by atoms with Crippen molar-refractivity contribution in [2.45, 2.75) is 131 Å². The highest BCUT2D eigenvalue weighted by Crippen LogP contribution is 2.31. The van der Waals surface area contributed by atoms with E-state index in [0.29, 0.717) is 12.3 Å². The van der Waals surface area contributed by atoms with Crippen molar-refractivity contribution in [3.63, 3.8) is 0 Å². The van der Waals surface area contributed by atoms with Crippen molar-refractivity contribution in [1.29, 1.82) is 0 Å². The lowest BCUT2D eigenvalue weighted by atomic mass is 9.93. The number of hydrogen-bond acceptors (Lipinski definition) is 5. The topological polar surface area (TPSA) is 108 Å². The first-order valence-corrected chi connectivity index (χ1v) is 16.0. The number of hydrogen-bond donors (Lipinski definition) is 3. The Hall–Kier alpha value is -3.55. The van der Waals surface area contributed by atoms with Gasteiger partial charge in [-0.15, -0.1) is 0 Å². The highest BCUT2D eigenvalue weighted by atomic mass is 16.6. The largest absolute Gasteiger partial charge is 0.508 e. The lowest BCUT2D eigenvalue weighted by Crippen LogP contribution is -2.56. The minimum absolute atomic E-state index is 0.0728. The number of aryl methyl sites for hydroxylation is 2. The Morgan fingerprint density at radius 1 is 0.909 bits per heavy atom. The lowest BCUT2D eigenvalue weighted by Gasteiger charge is -2.39. The summed E-state index contributed by atoms with van der Waals surface area (Å²) in [6.07, 6.45) is 2.71. The molecule has 44 heavy (non-hydrogen) atoms. The Kier molecular flexibility index (Phi) is 13.7. The van der Waals surface area contributed by atoms with Gasteiger partial charge in [-0.3, -0.25) is 9.59 Å². The van der Waals surface area contributed by atoms with Crippen LogP contribution >= 0.6 is 0 Å². The second-order valence-corrected chi connectivity index (χ2v) is 13.6. The van der Waals surface area contributed by atoms with E-state index in [2.05, 4.69) is 31.4 Å². The number of ether oxygens (including phenoxy) is 1. The van der Waals surface area contributed by atoms with Crippen molar-refractivity contribution in [3.05, 3.63) is 64.7 Å². The first-order chi connectivity index (χ1) is 20.5. The zero-order chi connectivity index (χ0) is 33.2. The molecule has 8 nitrogen and oxygen atoms in total.